The van der Waals surface area contributed by atoms with Crippen LogP contribution in [0.25, 0.3) is 11.0 Å². The lowest BCUT2D eigenvalue weighted by Crippen LogP contribution is -2.03. The molecule has 0 spiro atoms. The second-order valence-electron chi connectivity index (χ2n) is 6.62. The Morgan fingerprint density at radius 1 is 1.12 bits per heavy atom. The molecule has 0 atom stereocenters. The number of rotatable bonds is 8. The standard InChI is InChI=1S/C24H22ClN5OS.C2H6/c1-4-5-8-18(13-16(2)15-26)32-30-24-23(27-20-9-6-7-10-21(20)28-24)29-22-14-17(31-3)11-12-19(22)25;1-2/h4-14H,1-3H3,(H,27,29)(H,28,30);1-2H3/b5-4-,16-13+,18-8+;. The summed E-state index contributed by atoms with van der Waals surface area (Å²) in [5, 5.41) is 12.9. The number of nitriles is 1. The molecule has 0 unspecified atom stereocenters. The molecule has 1 heterocycles. The van der Waals surface area contributed by atoms with E-state index in [9.17, 15) is 0 Å². The molecule has 0 saturated carbocycles. The van der Waals surface area contributed by atoms with Crippen LogP contribution in [0.1, 0.15) is 27.7 Å². The fourth-order valence-corrected chi connectivity index (χ4v) is 3.57. The summed E-state index contributed by atoms with van der Waals surface area (Å²) < 4.78 is 8.57. The highest BCUT2D eigenvalue weighted by Gasteiger charge is 2.12. The Balaban J connectivity index is 0.00000199. The molecule has 0 bridgehead atoms. The topological polar surface area (TPSA) is 82.9 Å². The van der Waals surface area contributed by atoms with Crippen molar-refractivity contribution in [2.24, 2.45) is 0 Å². The van der Waals surface area contributed by atoms with Crippen molar-refractivity contribution in [2.45, 2.75) is 27.7 Å². The molecule has 34 heavy (non-hydrogen) atoms. The Morgan fingerprint density at radius 3 is 2.41 bits per heavy atom. The normalized spacial score (nSPS) is 11.6. The van der Waals surface area contributed by atoms with Crippen molar-refractivity contribution in [1.82, 2.24) is 9.97 Å². The van der Waals surface area contributed by atoms with Crippen molar-refractivity contribution < 1.29 is 4.74 Å². The molecule has 2 aromatic carbocycles. The van der Waals surface area contributed by atoms with Crippen molar-refractivity contribution in [3.05, 3.63) is 82.3 Å². The number of ether oxygens (including phenoxy) is 1. The van der Waals surface area contributed by atoms with Gasteiger partial charge in [-0.1, -0.05) is 49.7 Å². The van der Waals surface area contributed by atoms with E-state index in [0.717, 1.165) is 15.9 Å². The number of halogens is 1. The Labute approximate surface area is 210 Å². The second kappa shape index (κ2) is 13.9. The summed E-state index contributed by atoms with van der Waals surface area (Å²) >= 11 is 7.72. The van der Waals surface area contributed by atoms with E-state index in [1.54, 1.807) is 38.3 Å². The van der Waals surface area contributed by atoms with Gasteiger partial charge in [0.25, 0.3) is 0 Å². The molecule has 0 fully saturated rings. The summed E-state index contributed by atoms with van der Waals surface area (Å²) in [6.45, 7) is 7.69. The Morgan fingerprint density at radius 2 is 1.79 bits per heavy atom. The monoisotopic (exact) mass is 493 g/mol. The van der Waals surface area contributed by atoms with E-state index in [0.29, 0.717) is 33.7 Å². The molecule has 0 aliphatic carbocycles. The number of hydrogen-bond acceptors (Lipinski definition) is 7. The first-order chi connectivity index (χ1) is 16.5. The first-order valence-corrected chi connectivity index (χ1v) is 11.9. The summed E-state index contributed by atoms with van der Waals surface area (Å²) in [5.74, 6) is 1.71. The molecule has 2 N–H and O–H groups in total. The highest BCUT2D eigenvalue weighted by atomic mass is 35.5. The molecule has 0 saturated heterocycles. The van der Waals surface area contributed by atoms with Gasteiger partial charge in [0.05, 0.1) is 34.9 Å². The lowest BCUT2D eigenvalue weighted by Gasteiger charge is -2.14. The van der Waals surface area contributed by atoms with Crippen LogP contribution in [-0.4, -0.2) is 17.1 Å². The van der Waals surface area contributed by atoms with Gasteiger partial charge in [0.2, 0.25) is 0 Å². The summed E-state index contributed by atoms with van der Waals surface area (Å²) in [6.07, 6.45) is 7.55. The van der Waals surface area contributed by atoms with Gasteiger partial charge in [0.1, 0.15) is 5.75 Å². The summed E-state index contributed by atoms with van der Waals surface area (Å²) in [7, 11) is 1.60. The minimum atomic E-state index is 0.512. The lowest BCUT2D eigenvalue weighted by atomic mass is 10.3. The fraction of sp³-hybridized carbons (Fsp3) is 0.192. The number of allylic oxidation sites excluding steroid dienone is 5. The zero-order chi connectivity index (χ0) is 24.9. The molecule has 8 heteroatoms. The van der Waals surface area contributed by atoms with Gasteiger partial charge in [0.15, 0.2) is 11.6 Å². The summed E-state index contributed by atoms with van der Waals surface area (Å²) in [4.78, 5) is 10.3. The Hall–Kier alpha value is -3.47. The predicted octanol–water partition coefficient (Wildman–Crippen LogP) is 8.05. The van der Waals surface area contributed by atoms with Gasteiger partial charge < -0.3 is 14.8 Å². The molecular weight excluding hydrogens is 466 g/mol. The van der Waals surface area contributed by atoms with Crippen LogP contribution in [0.3, 0.4) is 0 Å². The van der Waals surface area contributed by atoms with E-state index < -0.39 is 0 Å². The first kappa shape index (κ1) is 26.8. The number of para-hydroxylation sites is 2. The van der Waals surface area contributed by atoms with E-state index in [4.69, 9.17) is 31.6 Å². The minimum absolute atomic E-state index is 0.512. The SMILES string of the molecule is CC.C\C=C/C=C(\C=C(/C)C#N)SNc1nc2ccccc2nc1Nc1cc(OC)ccc1Cl. The average molecular weight is 494 g/mol. The lowest BCUT2D eigenvalue weighted by molar-refractivity contribution is 0.415. The minimum Gasteiger partial charge on any atom is -0.497 e. The highest BCUT2D eigenvalue weighted by molar-refractivity contribution is 8.04. The molecule has 0 radical (unpaired) electrons. The van der Waals surface area contributed by atoms with Crippen molar-refractivity contribution >= 4 is 51.9 Å². The molecular formula is C26H28ClN5OS. The van der Waals surface area contributed by atoms with Crippen LogP contribution in [0.5, 0.6) is 5.75 Å². The smallest absolute Gasteiger partial charge is 0.180 e. The molecule has 3 rings (SSSR count). The average Bonchev–Trinajstić information content (AvgIpc) is 2.87. The summed E-state index contributed by atoms with van der Waals surface area (Å²) in [5.41, 5.74) is 2.74. The third kappa shape index (κ3) is 7.55. The third-order valence-corrected chi connectivity index (χ3v) is 5.37. The maximum absolute atomic E-state index is 9.14. The van der Waals surface area contributed by atoms with Crippen LogP contribution >= 0.6 is 23.5 Å². The number of methoxy groups -OCH3 is 1. The zero-order valence-electron chi connectivity index (χ0n) is 19.9. The van der Waals surface area contributed by atoms with Gasteiger partial charge in [-0.15, -0.1) is 0 Å². The highest BCUT2D eigenvalue weighted by Crippen LogP contribution is 2.33. The first-order valence-electron chi connectivity index (χ1n) is 10.8. The Kier molecular flexibility index (Phi) is 11.0. The second-order valence-corrected chi connectivity index (χ2v) is 7.91. The quantitative estimate of drug-likeness (QED) is 0.186. The predicted molar refractivity (Wildman–Crippen MR) is 146 cm³/mol. The van der Waals surface area contributed by atoms with E-state index in [-0.39, 0.29) is 0 Å². The van der Waals surface area contributed by atoms with Crippen LogP contribution in [0.4, 0.5) is 17.3 Å². The molecule has 6 nitrogen and oxygen atoms in total. The Bertz CT molecular complexity index is 1250. The van der Waals surface area contributed by atoms with Crippen LogP contribution in [0, 0.1) is 11.3 Å². The summed E-state index contributed by atoms with van der Waals surface area (Å²) in [6, 6.07) is 15.1. The van der Waals surface area contributed by atoms with Crippen LogP contribution in [0.2, 0.25) is 5.02 Å². The van der Waals surface area contributed by atoms with Crippen molar-refractivity contribution in [2.75, 3.05) is 17.1 Å². The van der Waals surface area contributed by atoms with Gasteiger partial charge in [-0.25, -0.2) is 9.97 Å². The number of benzene rings is 2. The number of nitrogens with one attached hydrogen (secondary N) is 2. The number of anilines is 3. The largest absolute Gasteiger partial charge is 0.497 e. The fourth-order valence-electron chi connectivity index (χ4n) is 2.67. The molecule has 3 aromatic rings. The maximum Gasteiger partial charge on any atom is 0.180 e. The number of hydrogen-bond donors (Lipinski definition) is 2. The number of aromatic nitrogens is 2. The van der Waals surface area contributed by atoms with E-state index in [1.807, 2.05) is 63.3 Å². The number of nitrogens with zero attached hydrogens (tertiary/aromatic N) is 3. The molecule has 1 aromatic heterocycles. The molecule has 0 aliphatic rings. The van der Waals surface area contributed by atoms with Gasteiger partial charge in [0, 0.05) is 16.5 Å². The number of fused-ring (bicyclic) bond motifs is 1. The molecule has 176 valence electrons. The van der Waals surface area contributed by atoms with Crippen molar-refractivity contribution in [3.8, 4) is 11.8 Å². The van der Waals surface area contributed by atoms with Gasteiger partial charge >= 0.3 is 0 Å². The maximum atomic E-state index is 9.14. The van der Waals surface area contributed by atoms with Crippen LogP contribution in [-0.2, 0) is 0 Å². The van der Waals surface area contributed by atoms with Crippen LogP contribution in [0.15, 0.2) is 77.2 Å². The van der Waals surface area contributed by atoms with Gasteiger partial charge in [-0.05, 0) is 62.2 Å². The zero-order valence-corrected chi connectivity index (χ0v) is 21.5. The molecule has 0 amide bonds. The molecule has 0 aliphatic heterocycles. The van der Waals surface area contributed by atoms with Crippen molar-refractivity contribution in [3.63, 3.8) is 0 Å². The van der Waals surface area contributed by atoms with Gasteiger partial charge in [-0.3, -0.25) is 0 Å². The van der Waals surface area contributed by atoms with Gasteiger partial charge in [-0.2, -0.15) is 5.26 Å². The van der Waals surface area contributed by atoms with E-state index in [1.165, 1.54) is 11.9 Å². The van der Waals surface area contributed by atoms with Crippen molar-refractivity contribution in [1.29, 1.82) is 5.26 Å². The van der Waals surface area contributed by atoms with E-state index in [2.05, 4.69) is 16.1 Å². The third-order valence-electron chi connectivity index (χ3n) is 4.25. The van der Waals surface area contributed by atoms with E-state index >= 15 is 0 Å². The van der Waals surface area contributed by atoms with Crippen LogP contribution < -0.4 is 14.8 Å².